The SMILES string of the molecule is C.CCOC1(OS(C)(C)C)CC1.Cn1ncc(-c2ccc(CNc3cc(-c4cnc5cc(OCC6CCN(C7CC7)CC6)ccn45)ncn3)cc2)n1.Cn1ncc(-c2ccc(CNc3cc(-c4cnc5cc(OCC6CCNCC6)ccn45)ncn3)cc2)n1. The third kappa shape index (κ3) is 16.7. The Labute approximate surface area is 522 Å². The molecule has 2 aliphatic heterocycles. The van der Waals surface area contributed by atoms with Gasteiger partial charge in [0.25, 0.3) is 0 Å². The highest BCUT2D eigenvalue weighted by atomic mass is 32.3. The Kier molecular flexibility index (Phi) is 19.9. The molecule has 0 bridgehead atoms. The molecule has 0 radical (unpaired) electrons. The maximum atomic E-state index is 6.19. The van der Waals surface area contributed by atoms with E-state index in [2.05, 4.69) is 138 Å². The summed E-state index contributed by atoms with van der Waals surface area (Å²) >= 11 is 0. The molecular weight excluding hydrogens is 1140 g/mol. The molecule has 10 heterocycles. The van der Waals surface area contributed by atoms with Gasteiger partial charge in [-0.3, -0.25) is 8.80 Å². The number of aryl methyl sites for hydroxylation is 2. The summed E-state index contributed by atoms with van der Waals surface area (Å²) in [5.41, 5.74) is 11.2. The molecular formula is C66H84N18O4S. The van der Waals surface area contributed by atoms with E-state index in [0.29, 0.717) is 24.9 Å². The summed E-state index contributed by atoms with van der Waals surface area (Å²) in [4.78, 5) is 32.8. The molecule has 2 aromatic carbocycles. The van der Waals surface area contributed by atoms with E-state index in [1.807, 2.05) is 91.0 Å². The van der Waals surface area contributed by atoms with Crippen LogP contribution in [0.25, 0.3) is 56.6 Å². The van der Waals surface area contributed by atoms with Crippen molar-refractivity contribution in [1.29, 1.82) is 0 Å². The lowest BCUT2D eigenvalue weighted by atomic mass is 9.98. The molecule has 2 saturated heterocycles. The van der Waals surface area contributed by atoms with E-state index in [0.717, 1.165) is 155 Å². The van der Waals surface area contributed by atoms with Crippen molar-refractivity contribution in [2.45, 2.75) is 90.6 Å². The normalized spacial score (nSPS) is 16.2. The number of likely N-dealkylation sites (tertiary alicyclic amines) is 1. The number of piperidine rings is 2. The van der Waals surface area contributed by atoms with Crippen LogP contribution in [-0.4, -0.2) is 150 Å². The zero-order valence-electron chi connectivity index (χ0n) is 51.2. The van der Waals surface area contributed by atoms with Crippen LogP contribution in [-0.2, 0) is 36.1 Å². The Morgan fingerprint density at radius 3 is 1.48 bits per heavy atom. The summed E-state index contributed by atoms with van der Waals surface area (Å²) in [7, 11) is 2.76. The van der Waals surface area contributed by atoms with Gasteiger partial charge in [-0.1, -0.05) is 56.0 Å². The Bertz CT molecular complexity index is 3880. The van der Waals surface area contributed by atoms with Gasteiger partial charge in [0.05, 0.1) is 60.8 Å². The first kappa shape index (κ1) is 62.3. The molecule has 468 valence electrons. The molecule has 0 atom stereocenters. The second kappa shape index (κ2) is 28.4. The number of nitrogens with one attached hydrogen (secondary N) is 3. The molecule has 8 aromatic heterocycles. The summed E-state index contributed by atoms with van der Waals surface area (Å²) in [6.45, 7) is 10.2. The largest absolute Gasteiger partial charge is 0.493 e. The maximum Gasteiger partial charge on any atom is 0.179 e. The number of fused-ring (bicyclic) bond motifs is 2. The van der Waals surface area contributed by atoms with Crippen LogP contribution in [0.2, 0.25) is 0 Å². The van der Waals surface area contributed by atoms with E-state index >= 15 is 0 Å². The van der Waals surface area contributed by atoms with Crippen molar-refractivity contribution >= 4 is 33.2 Å². The van der Waals surface area contributed by atoms with E-state index in [1.54, 1.807) is 34.6 Å². The summed E-state index contributed by atoms with van der Waals surface area (Å²) in [6, 6.07) is 29.3. The topological polar surface area (TPSA) is 224 Å². The number of hydrogen-bond acceptors (Lipinski definition) is 18. The van der Waals surface area contributed by atoms with E-state index in [9.17, 15) is 0 Å². The van der Waals surface area contributed by atoms with Crippen molar-refractivity contribution < 1.29 is 18.4 Å². The average molecular weight is 1230 g/mol. The highest BCUT2D eigenvalue weighted by molar-refractivity contribution is 8.28. The second-order valence-corrected chi connectivity index (χ2v) is 27.4. The average Bonchev–Trinajstić information content (AvgIpc) is 3.44. The summed E-state index contributed by atoms with van der Waals surface area (Å²) in [5, 5.41) is 27.2. The Hall–Kier alpha value is -8.35. The predicted molar refractivity (Wildman–Crippen MR) is 351 cm³/mol. The summed E-state index contributed by atoms with van der Waals surface area (Å²) in [5.74, 6) is 4.27. The molecule has 10 aromatic rings. The van der Waals surface area contributed by atoms with Crippen LogP contribution in [0.3, 0.4) is 0 Å². The zero-order valence-corrected chi connectivity index (χ0v) is 52.0. The van der Waals surface area contributed by atoms with Gasteiger partial charge in [-0.05, 0) is 125 Å². The Morgan fingerprint density at radius 2 is 1.06 bits per heavy atom. The van der Waals surface area contributed by atoms with Crippen LogP contribution in [0, 0.1) is 11.8 Å². The molecule has 4 aliphatic rings. The number of ether oxygens (including phenoxy) is 3. The molecule has 2 saturated carbocycles. The number of anilines is 2. The van der Waals surface area contributed by atoms with Crippen LogP contribution in [0.5, 0.6) is 11.5 Å². The maximum absolute atomic E-state index is 6.19. The summed E-state index contributed by atoms with van der Waals surface area (Å²) < 4.78 is 27.7. The van der Waals surface area contributed by atoms with Crippen molar-refractivity contribution in [3.63, 3.8) is 0 Å². The van der Waals surface area contributed by atoms with Crippen LogP contribution < -0.4 is 25.4 Å². The minimum absolute atomic E-state index is 0. The number of aromatic nitrogens is 14. The molecule has 89 heavy (non-hydrogen) atoms. The van der Waals surface area contributed by atoms with Crippen LogP contribution in [0.15, 0.2) is 135 Å². The fourth-order valence-corrected chi connectivity index (χ4v) is 12.2. The van der Waals surface area contributed by atoms with Crippen molar-refractivity contribution in [2.75, 3.05) is 75.4 Å². The smallest absolute Gasteiger partial charge is 0.179 e. The van der Waals surface area contributed by atoms with Crippen molar-refractivity contribution in [3.8, 4) is 56.8 Å². The third-order valence-electron chi connectivity index (χ3n) is 16.1. The fraction of sp³-hybridized carbons (Fsp3) is 0.424. The lowest BCUT2D eigenvalue weighted by Crippen LogP contribution is -2.36. The van der Waals surface area contributed by atoms with Gasteiger partial charge in [-0.2, -0.15) is 30.0 Å². The summed E-state index contributed by atoms with van der Waals surface area (Å²) in [6.07, 6.45) is 30.5. The first-order valence-electron chi connectivity index (χ1n) is 30.6. The van der Waals surface area contributed by atoms with Crippen molar-refractivity contribution in [1.82, 2.24) is 78.9 Å². The van der Waals surface area contributed by atoms with Crippen LogP contribution in [0.4, 0.5) is 11.6 Å². The molecule has 2 aliphatic carbocycles. The standard InChI is InChI=1S/C30H33N9O.C27H29N9O.C8H18O2S.CH4/c1-37-35-17-27(36-37)23-4-2-21(3-5-23)16-31-29-15-26(33-20-34-29)28-18-32-30-14-25(10-13-39(28)30)40-19-22-8-11-38(12-9-22)24-6-7-24;1-35-33-15-24(34-35)21-4-2-19(3-5-21)14-29-26-13-23(31-18-32-26)25-16-30-27-12-22(8-11-36(25)27)37-17-20-6-9-28-10-7-20;1-5-9-8(6-7-8)10-11(2,3)4;/h2-5,10,13-15,17-18,20,22,24H,6-9,11-12,16,19H2,1H3,(H,31,33,34);2-5,8,11-13,15-16,18,20,28H,6-7,9-10,14,17H2,1H3,(H,29,31,32);5-7H2,1-4H3;1H4. The number of benzene rings is 2. The van der Waals surface area contributed by atoms with E-state index in [4.69, 9.17) is 18.4 Å². The number of pyridine rings is 2. The van der Waals surface area contributed by atoms with Gasteiger partial charge in [-0.15, -0.1) is 10.3 Å². The highest BCUT2D eigenvalue weighted by Crippen LogP contribution is 2.52. The first-order valence-corrected chi connectivity index (χ1v) is 33.4. The molecule has 3 N–H and O–H groups in total. The van der Waals surface area contributed by atoms with E-state index < -0.39 is 10.3 Å². The van der Waals surface area contributed by atoms with Crippen molar-refractivity contribution in [2.24, 2.45) is 25.9 Å². The Balaban J connectivity index is 0.000000156. The minimum atomic E-state index is -0.867. The second-order valence-electron chi connectivity index (χ2n) is 23.8. The molecule has 4 fully saturated rings. The van der Waals surface area contributed by atoms with Crippen LogP contribution >= 0.6 is 10.3 Å². The molecule has 23 heteroatoms. The van der Waals surface area contributed by atoms with Gasteiger partial charge in [-0.25, -0.2) is 29.9 Å². The zero-order chi connectivity index (χ0) is 60.5. The van der Waals surface area contributed by atoms with Gasteiger partial charge < -0.3 is 39.2 Å². The first-order chi connectivity index (χ1) is 42.9. The number of nitrogens with zero attached hydrogens (tertiary/aromatic N) is 15. The minimum Gasteiger partial charge on any atom is -0.493 e. The predicted octanol–water partition coefficient (Wildman–Crippen LogP) is 10.8. The molecule has 0 unspecified atom stereocenters. The van der Waals surface area contributed by atoms with Gasteiger partial charge in [0, 0.05) is 100 Å². The fourth-order valence-electron chi connectivity index (χ4n) is 11.1. The number of rotatable bonds is 21. The van der Waals surface area contributed by atoms with Gasteiger partial charge in [0.1, 0.15) is 58.5 Å². The molecule has 0 amide bonds. The molecule has 0 spiro atoms. The third-order valence-corrected chi connectivity index (χ3v) is 16.9. The van der Waals surface area contributed by atoms with Gasteiger partial charge in [0.2, 0.25) is 0 Å². The van der Waals surface area contributed by atoms with Gasteiger partial charge in [0.15, 0.2) is 5.79 Å². The number of hydrogen-bond donors (Lipinski definition) is 3. The lowest BCUT2D eigenvalue weighted by Gasteiger charge is -2.31. The monoisotopic (exact) mass is 1220 g/mol. The number of imidazole rings is 2. The molecule has 22 nitrogen and oxygen atoms in total. The van der Waals surface area contributed by atoms with E-state index in [-0.39, 0.29) is 13.2 Å². The van der Waals surface area contributed by atoms with Crippen LogP contribution in [0.1, 0.15) is 76.8 Å². The molecule has 14 rings (SSSR count). The van der Waals surface area contributed by atoms with Gasteiger partial charge >= 0.3 is 0 Å². The highest BCUT2D eigenvalue weighted by Gasteiger charge is 2.47. The quantitative estimate of drug-likeness (QED) is 0.0569. The van der Waals surface area contributed by atoms with Crippen molar-refractivity contribution in [3.05, 3.63) is 146 Å². The lowest BCUT2D eigenvalue weighted by molar-refractivity contribution is -0.0921. The van der Waals surface area contributed by atoms with E-state index in [1.165, 1.54) is 38.8 Å². The Morgan fingerprint density at radius 1 is 0.573 bits per heavy atom.